The van der Waals surface area contributed by atoms with E-state index in [0.717, 1.165) is 29.8 Å². The number of aromatic nitrogens is 2. The molecule has 0 amide bonds. The number of halogens is 4. The second-order valence-electron chi connectivity index (χ2n) is 6.90. The first-order valence-corrected chi connectivity index (χ1v) is 10.9. The van der Waals surface area contributed by atoms with Gasteiger partial charge in [-0.25, -0.2) is 9.78 Å². The monoisotopic (exact) mass is 502 g/mol. The van der Waals surface area contributed by atoms with Gasteiger partial charge in [0.1, 0.15) is 5.01 Å². The van der Waals surface area contributed by atoms with Gasteiger partial charge in [0.05, 0.1) is 16.8 Å². The molecule has 172 valence electrons. The zero-order valence-electron chi connectivity index (χ0n) is 17.1. The molecule has 0 spiro atoms. The molecule has 4 aromatic rings. The molecule has 34 heavy (non-hydrogen) atoms. The Morgan fingerprint density at radius 3 is 2.38 bits per heavy atom. The fourth-order valence-corrected chi connectivity index (χ4v) is 3.91. The first kappa shape index (κ1) is 23.4. The average Bonchev–Trinajstić information content (AvgIpc) is 3.32. The standard InChI is InChI=1S/C23H14ClF3N4O2S/c24-16-7-5-15(6-8-16)22(32)33-31-20(28)14-3-1-13(2-4-14)19-12-34-21(30-19)17-11-29-10-9-18(17)23(25,26)27/h1-12H,(H2,28,31). The molecule has 0 aliphatic rings. The smallest absolute Gasteiger partial charge is 0.380 e. The number of rotatable bonds is 5. The number of alkyl halides is 3. The summed E-state index contributed by atoms with van der Waals surface area (Å²) >= 11 is 6.87. The van der Waals surface area contributed by atoms with Gasteiger partial charge in [0, 0.05) is 39.5 Å². The van der Waals surface area contributed by atoms with Crippen molar-refractivity contribution >= 4 is 34.7 Å². The van der Waals surface area contributed by atoms with Crippen molar-refractivity contribution in [2.45, 2.75) is 6.18 Å². The Labute approximate surface area is 200 Å². The SMILES string of the molecule is N/C(=N\OC(=O)c1ccc(Cl)cc1)c1ccc(-c2csc(-c3cnccc3C(F)(F)F)n2)cc1. The maximum Gasteiger partial charge on any atom is 0.417 e. The van der Waals surface area contributed by atoms with Crippen molar-refractivity contribution in [1.29, 1.82) is 0 Å². The molecule has 0 radical (unpaired) electrons. The molecule has 0 unspecified atom stereocenters. The Kier molecular flexibility index (Phi) is 6.62. The minimum absolute atomic E-state index is 0.0296. The van der Waals surface area contributed by atoms with Crippen molar-refractivity contribution in [1.82, 2.24) is 9.97 Å². The highest BCUT2D eigenvalue weighted by molar-refractivity contribution is 7.13. The quantitative estimate of drug-likeness (QED) is 0.156. The summed E-state index contributed by atoms with van der Waals surface area (Å²) < 4.78 is 39.9. The molecule has 0 aliphatic heterocycles. The van der Waals surface area contributed by atoms with Gasteiger partial charge in [-0.2, -0.15) is 13.2 Å². The van der Waals surface area contributed by atoms with Gasteiger partial charge in [-0.3, -0.25) is 4.98 Å². The Balaban J connectivity index is 1.49. The number of carbonyl (C=O) groups excluding carboxylic acids is 1. The summed E-state index contributed by atoms with van der Waals surface area (Å²) in [5.41, 5.74) is 6.92. The number of nitrogens with zero attached hydrogens (tertiary/aromatic N) is 3. The van der Waals surface area contributed by atoms with Gasteiger partial charge >= 0.3 is 12.1 Å². The highest BCUT2D eigenvalue weighted by Crippen LogP contribution is 2.38. The zero-order valence-corrected chi connectivity index (χ0v) is 18.7. The van der Waals surface area contributed by atoms with Crippen LogP contribution in [0.1, 0.15) is 21.5 Å². The van der Waals surface area contributed by atoms with Gasteiger partial charge in [0.25, 0.3) is 0 Å². The molecule has 2 heterocycles. The van der Waals surface area contributed by atoms with Crippen LogP contribution in [0.5, 0.6) is 0 Å². The third-order valence-electron chi connectivity index (χ3n) is 4.64. The normalized spacial score (nSPS) is 11.9. The number of thiazole rings is 1. The molecule has 11 heteroatoms. The fourth-order valence-electron chi connectivity index (χ4n) is 2.94. The van der Waals surface area contributed by atoms with E-state index in [1.165, 1.54) is 12.1 Å². The summed E-state index contributed by atoms with van der Waals surface area (Å²) in [4.78, 5) is 25.0. The van der Waals surface area contributed by atoms with Crippen molar-refractivity contribution in [3.8, 4) is 21.8 Å². The number of carbonyl (C=O) groups is 1. The van der Waals surface area contributed by atoms with Crippen molar-refractivity contribution < 1.29 is 22.8 Å². The van der Waals surface area contributed by atoms with Crippen LogP contribution in [-0.2, 0) is 11.0 Å². The summed E-state index contributed by atoms with van der Waals surface area (Å²) in [5, 5.41) is 6.00. The number of hydrogen-bond donors (Lipinski definition) is 1. The molecule has 6 nitrogen and oxygen atoms in total. The summed E-state index contributed by atoms with van der Waals surface area (Å²) in [6.07, 6.45) is -2.27. The first-order valence-electron chi connectivity index (χ1n) is 9.60. The largest absolute Gasteiger partial charge is 0.417 e. The molecule has 0 aliphatic carbocycles. The van der Waals surface area contributed by atoms with Crippen molar-refractivity contribution in [2.24, 2.45) is 10.9 Å². The molecule has 2 N–H and O–H groups in total. The van der Waals surface area contributed by atoms with E-state index in [1.807, 2.05) is 0 Å². The van der Waals surface area contributed by atoms with Crippen LogP contribution in [0.15, 0.2) is 77.5 Å². The molecule has 2 aromatic heterocycles. The van der Waals surface area contributed by atoms with E-state index in [4.69, 9.17) is 22.2 Å². The van der Waals surface area contributed by atoms with E-state index in [1.54, 1.807) is 41.8 Å². The second kappa shape index (κ2) is 9.62. The third-order valence-corrected chi connectivity index (χ3v) is 5.77. The zero-order chi connectivity index (χ0) is 24.3. The number of benzene rings is 2. The van der Waals surface area contributed by atoms with Crippen LogP contribution in [0.3, 0.4) is 0 Å². The van der Waals surface area contributed by atoms with Gasteiger partial charge in [0.2, 0.25) is 0 Å². The predicted molar refractivity (Wildman–Crippen MR) is 123 cm³/mol. The number of pyridine rings is 1. The molecule has 0 fully saturated rings. The molecular weight excluding hydrogens is 489 g/mol. The van der Waals surface area contributed by atoms with Crippen LogP contribution in [0.25, 0.3) is 21.8 Å². The van der Waals surface area contributed by atoms with Crippen LogP contribution in [-0.4, -0.2) is 21.8 Å². The van der Waals surface area contributed by atoms with Crippen LogP contribution in [0.2, 0.25) is 5.02 Å². The van der Waals surface area contributed by atoms with E-state index in [2.05, 4.69) is 15.1 Å². The minimum atomic E-state index is -4.51. The fraction of sp³-hybridized carbons (Fsp3) is 0.0435. The van der Waals surface area contributed by atoms with Crippen molar-refractivity contribution in [3.63, 3.8) is 0 Å². The number of hydrogen-bond acceptors (Lipinski definition) is 6. The van der Waals surface area contributed by atoms with Crippen LogP contribution < -0.4 is 5.73 Å². The topological polar surface area (TPSA) is 90.5 Å². The summed E-state index contributed by atoms with van der Waals surface area (Å²) in [6.45, 7) is 0. The predicted octanol–water partition coefficient (Wildman–Crippen LogP) is 6.02. The average molecular weight is 503 g/mol. The van der Waals surface area contributed by atoms with Crippen LogP contribution in [0.4, 0.5) is 13.2 Å². The summed E-state index contributed by atoms with van der Waals surface area (Å²) in [5.74, 6) is -0.724. The molecule has 0 saturated heterocycles. The minimum Gasteiger partial charge on any atom is -0.380 e. The first-order chi connectivity index (χ1) is 16.2. The number of oxime groups is 1. The second-order valence-corrected chi connectivity index (χ2v) is 8.19. The lowest BCUT2D eigenvalue weighted by Crippen LogP contribution is -2.15. The van der Waals surface area contributed by atoms with E-state index in [-0.39, 0.29) is 22.0 Å². The van der Waals surface area contributed by atoms with Crippen molar-refractivity contribution in [3.05, 3.63) is 94.1 Å². The third kappa shape index (κ3) is 5.24. The maximum atomic E-state index is 13.3. The Bertz CT molecular complexity index is 1350. The lowest BCUT2D eigenvalue weighted by molar-refractivity contribution is -0.137. The van der Waals surface area contributed by atoms with Gasteiger partial charge in [-0.1, -0.05) is 41.0 Å². The Morgan fingerprint density at radius 1 is 1.03 bits per heavy atom. The van der Waals surface area contributed by atoms with Gasteiger partial charge in [-0.15, -0.1) is 11.3 Å². The van der Waals surface area contributed by atoms with E-state index in [9.17, 15) is 18.0 Å². The highest BCUT2D eigenvalue weighted by Gasteiger charge is 2.34. The van der Waals surface area contributed by atoms with Gasteiger partial charge in [-0.05, 0) is 30.3 Å². The lowest BCUT2D eigenvalue weighted by Gasteiger charge is -2.09. The van der Waals surface area contributed by atoms with Crippen molar-refractivity contribution in [2.75, 3.05) is 0 Å². The molecule has 0 saturated carbocycles. The van der Waals surface area contributed by atoms with Crippen LogP contribution >= 0.6 is 22.9 Å². The lowest BCUT2D eigenvalue weighted by atomic mass is 10.1. The van der Waals surface area contributed by atoms with Crippen LogP contribution in [0, 0.1) is 0 Å². The van der Waals surface area contributed by atoms with E-state index >= 15 is 0 Å². The Hall–Kier alpha value is -3.76. The number of amidine groups is 1. The Morgan fingerprint density at radius 2 is 1.71 bits per heavy atom. The highest BCUT2D eigenvalue weighted by atomic mass is 35.5. The molecule has 0 bridgehead atoms. The van der Waals surface area contributed by atoms with Gasteiger partial charge in [0.15, 0.2) is 5.84 Å². The molecular formula is C23H14ClF3N4O2S. The van der Waals surface area contributed by atoms with Gasteiger partial charge < -0.3 is 10.6 Å². The summed E-state index contributed by atoms with van der Waals surface area (Å²) in [6, 6.07) is 13.7. The van der Waals surface area contributed by atoms with E-state index in [0.29, 0.717) is 21.8 Å². The molecule has 2 aromatic carbocycles. The van der Waals surface area contributed by atoms with E-state index < -0.39 is 17.7 Å². The molecule has 4 rings (SSSR count). The maximum absolute atomic E-state index is 13.3. The molecule has 0 atom stereocenters. The summed E-state index contributed by atoms with van der Waals surface area (Å²) in [7, 11) is 0. The number of nitrogens with two attached hydrogens (primary N) is 1.